The normalized spacial score (nSPS) is 10.8. The van der Waals surface area contributed by atoms with Gasteiger partial charge in [0.05, 0.1) is 17.2 Å². The Labute approximate surface area is 213 Å². The lowest BCUT2D eigenvalue weighted by molar-refractivity contribution is -0.384. The number of nitro groups is 1. The molecule has 0 unspecified atom stereocenters. The maximum atomic E-state index is 12.3. The van der Waals surface area contributed by atoms with E-state index in [9.17, 15) is 24.5 Å². The summed E-state index contributed by atoms with van der Waals surface area (Å²) in [5.41, 5.74) is -0.105. The van der Waals surface area contributed by atoms with E-state index in [1.165, 1.54) is 36.4 Å². The largest absolute Gasteiger partial charge is 0.519 e. The number of hydrogen-bond donors (Lipinski definition) is 2. The maximum Gasteiger partial charge on any atom is 0.519 e. The number of nitro benzene ring substituents is 1. The van der Waals surface area contributed by atoms with Gasteiger partial charge in [0.2, 0.25) is 0 Å². The number of aryl methyl sites for hydroxylation is 1. The monoisotopic (exact) mass is 518 g/mol. The molecule has 0 saturated heterocycles. The van der Waals surface area contributed by atoms with Gasteiger partial charge in [0.25, 0.3) is 5.69 Å². The Balaban J connectivity index is 2.09. The number of ether oxygens (including phenoxy) is 4. The van der Waals surface area contributed by atoms with E-state index in [1.54, 1.807) is 26.8 Å². The summed E-state index contributed by atoms with van der Waals surface area (Å²) in [6.07, 6.45) is -0.509. The molecule has 1 amide bonds. The number of carbonyl (C=O) groups excluding carboxylic acids is 3. The van der Waals surface area contributed by atoms with Crippen molar-refractivity contribution < 1.29 is 43.4 Å². The highest BCUT2D eigenvalue weighted by atomic mass is 16.7. The van der Waals surface area contributed by atoms with Crippen molar-refractivity contribution in [1.82, 2.24) is 0 Å². The van der Waals surface area contributed by atoms with Gasteiger partial charge >= 0.3 is 18.2 Å². The number of rotatable bonds is 11. The van der Waals surface area contributed by atoms with Gasteiger partial charge in [0, 0.05) is 31.2 Å². The minimum atomic E-state index is -1.10. The van der Waals surface area contributed by atoms with E-state index in [2.05, 4.69) is 5.32 Å². The molecule has 12 heteroatoms. The Morgan fingerprint density at radius 3 is 2.27 bits per heavy atom. The average Bonchev–Trinajstić information content (AvgIpc) is 2.80. The van der Waals surface area contributed by atoms with Gasteiger partial charge in [0.15, 0.2) is 0 Å². The second kappa shape index (κ2) is 13.8. The summed E-state index contributed by atoms with van der Waals surface area (Å²) >= 11 is 0. The van der Waals surface area contributed by atoms with Crippen LogP contribution < -0.4 is 14.8 Å². The SMILES string of the molecule is CC(C)(C)OC(=O)Nc1cc(OC(=O)Oc2ccc([N+](=O)[O-])cc2)ccc1CCC(=O)OCCCCO. The molecule has 0 fully saturated rings. The first-order valence-corrected chi connectivity index (χ1v) is 11.5. The van der Waals surface area contributed by atoms with Crippen LogP contribution in [0.3, 0.4) is 0 Å². The smallest absolute Gasteiger partial charge is 0.466 e. The number of aliphatic hydroxyl groups excluding tert-OH is 1. The summed E-state index contributed by atoms with van der Waals surface area (Å²) in [6, 6.07) is 9.26. The quantitative estimate of drug-likeness (QED) is 0.139. The molecule has 0 aliphatic carbocycles. The first-order valence-electron chi connectivity index (χ1n) is 11.5. The van der Waals surface area contributed by atoms with Gasteiger partial charge in [-0.2, -0.15) is 0 Å². The first kappa shape index (κ1) is 29.0. The van der Waals surface area contributed by atoms with Crippen LogP contribution >= 0.6 is 0 Å². The van der Waals surface area contributed by atoms with Crippen molar-refractivity contribution in [2.24, 2.45) is 0 Å². The predicted octanol–water partition coefficient (Wildman–Crippen LogP) is 4.77. The number of hydrogen-bond acceptors (Lipinski definition) is 10. The predicted molar refractivity (Wildman–Crippen MR) is 132 cm³/mol. The second-order valence-electron chi connectivity index (χ2n) is 8.80. The second-order valence-corrected chi connectivity index (χ2v) is 8.80. The molecule has 2 N–H and O–H groups in total. The number of esters is 1. The van der Waals surface area contributed by atoms with Crippen LogP contribution in [0.5, 0.6) is 11.5 Å². The van der Waals surface area contributed by atoms with Crippen molar-refractivity contribution in [3.8, 4) is 11.5 Å². The molecule has 2 aromatic rings. The van der Waals surface area contributed by atoms with Crippen LogP contribution in [0.4, 0.5) is 21.0 Å². The number of aliphatic hydroxyl groups is 1. The third-order valence-corrected chi connectivity index (χ3v) is 4.58. The topological polar surface area (TPSA) is 164 Å². The summed E-state index contributed by atoms with van der Waals surface area (Å²) in [5, 5.41) is 22.1. The van der Waals surface area contributed by atoms with E-state index >= 15 is 0 Å². The summed E-state index contributed by atoms with van der Waals surface area (Å²) in [6.45, 7) is 5.33. The van der Waals surface area contributed by atoms with E-state index < -0.39 is 28.7 Å². The van der Waals surface area contributed by atoms with Crippen LogP contribution in [-0.2, 0) is 20.7 Å². The van der Waals surface area contributed by atoms with Gasteiger partial charge in [0.1, 0.15) is 17.1 Å². The highest BCUT2D eigenvalue weighted by Crippen LogP contribution is 2.26. The van der Waals surface area contributed by atoms with Gasteiger partial charge in [-0.15, -0.1) is 0 Å². The molecule has 0 bridgehead atoms. The van der Waals surface area contributed by atoms with Gasteiger partial charge in [-0.3, -0.25) is 20.2 Å². The van der Waals surface area contributed by atoms with Crippen LogP contribution in [0.15, 0.2) is 42.5 Å². The maximum absolute atomic E-state index is 12.3. The third kappa shape index (κ3) is 10.9. The molecule has 0 saturated carbocycles. The van der Waals surface area contributed by atoms with Gasteiger partial charge in [-0.25, -0.2) is 9.59 Å². The zero-order valence-electron chi connectivity index (χ0n) is 20.9. The molecule has 0 atom stereocenters. The fourth-order valence-electron chi connectivity index (χ4n) is 2.92. The molecule has 200 valence electrons. The van der Waals surface area contributed by atoms with Gasteiger partial charge < -0.3 is 24.1 Å². The summed E-state index contributed by atoms with van der Waals surface area (Å²) in [4.78, 5) is 46.7. The lowest BCUT2D eigenvalue weighted by Crippen LogP contribution is -2.27. The summed E-state index contributed by atoms with van der Waals surface area (Å²) in [7, 11) is 0. The van der Waals surface area contributed by atoms with E-state index in [-0.39, 0.29) is 48.9 Å². The standard InChI is InChI=1S/C25H30N2O10/c1-25(2,3)37-23(30)26-21-16-20(10-6-17(21)7-13-22(29)34-15-5-4-14-28)36-24(31)35-19-11-8-18(9-12-19)27(32)33/h6,8-12,16,28H,4-5,7,13-15H2,1-3H3,(H,26,30). The van der Waals surface area contributed by atoms with Crippen LogP contribution in [-0.4, -0.2) is 47.1 Å². The Morgan fingerprint density at radius 1 is 1.00 bits per heavy atom. The lowest BCUT2D eigenvalue weighted by atomic mass is 10.1. The highest BCUT2D eigenvalue weighted by Gasteiger charge is 2.19. The highest BCUT2D eigenvalue weighted by molar-refractivity contribution is 5.86. The number of nitrogens with zero attached hydrogens (tertiary/aromatic N) is 1. The van der Waals surface area contributed by atoms with E-state index in [1.807, 2.05) is 0 Å². The molecule has 0 radical (unpaired) electrons. The van der Waals surface area contributed by atoms with Crippen molar-refractivity contribution >= 4 is 29.6 Å². The van der Waals surface area contributed by atoms with E-state index in [4.69, 9.17) is 24.1 Å². The molecule has 2 aromatic carbocycles. The number of nitrogens with one attached hydrogen (secondary N) is 1. The fourth-order valence-corrected chi connectivity index (χ4v) is 2.92. The zero-order valence-corrected chi connectivity index (χ0v) is 20.9. The van der Waals surface area contributed by atoms with Crippen molar-refractivity contribution in [3.05, 3.63) is 58.1 Å². The van der Waals surface area contributed by atoms with Gasteiger partial charge in [-0.1, -0.05) is 6.07 Å². The van der Waals surface area contributed by atoms with Crippen LogP contribution in [0.1, 0.15) is 45.6 Å². The Bertz CT molecular complexity index is 1090. The molecule has 0 aliphatic rings. The number of carbonyl (C=O) groups is 3. The molecule has 0 aromatic heterocycles. The van der Waals surface area contributed by atoms with E-state index in [0.717, 1.165) is 0 Å². The number of anilines is 1. The molecular weight excluding hydrogens is 488 g/mol. The van der Waals surface area contributed by atoms with Crippen LogP contribution in [0.2, 0.25) is 0 Å². The molecule has 37 heavy (non-hydrogen) atoms. The number of benzene rings is 2. The zero-order chi connectivity index (χ0) is 27.4. The Morgan fingerprint density at radius 2 is 1.65 bits per heavy atom. The molecule has 0 spiro atoms. The minimum absolute atomic E-state index is 0.0209. The van der Waals surface area contributed by atoms with Crippen molar-refractivity contribution in [3.63, 3.8) is 0 Å². The summed E-state index contributed by atoms with van der Waals surface area (Å²) < 4.78 is 20.6. The molecule has 12 nitrogen and oxygen atoms in total. The number of unbranched alkanes of at least 4 members (excludes halogenated alkanes) is 1. The Kier molecular flexibility index (Phi) is 10.8. The Hall–Kier alpha value is -4.19. The van der Waals surface area contributed by atoms with Crippen molar-refractivity contribution in [2.45, 2.75) is 52.1 Å². The third-order valence-electron chi connectivity index (χ3n) is 4.58. The van der Waals surface area contributed by atoms with Crippen molar-refractivity contribution in [1.29, 1.82) is 0 Å². The van der Waals surface area contributed by atoms with Crippen LogP contribution in [0, 0.1) is 10.1 Å². The average molecular weight is 519 g/mol. The molecular formula is C25H30N2O10. The summed E-state index contributed by atoms with van der Waals surface area (Å²) in [5.74, 6) is -0.363. The van der Waals surface area contributed by atoms with Crippen molar-refractivity contribution in [2.75, 3.05) is 18.5 Å². The fraction of sp³-hybridized carbons (Fsp3) is 0.400. The minimum Gasteiger partial charge on any atom is -0.466 e. The number of amides is 1. The molecule has 2 rings (SSSR count). The van der Waals surface area contributed by atoms with Gasteiger partial charge in [-0.05, 0) is 63.8 Å². The first-order chi connectivity index (χ1) is 17.5. The molecule has 0 heterocycles. The number of non-ortho nitro benzene ring substituents is 1. The van der Waals surface area contributed by atoms with E-state index in [0.29, 0.717) is 18.4 Å². The van der Waals surface area contributed by atoms with Crippen LogP contribution in [0.25, 0.3) is 0 Å². The molecule has 0 aliphatic heterocycles. The lowest BCUT2D eigenvalue weighted by Gasteiger charge is -2.20.